The first-order valence-corrected chi connectivity index (χ1v) is 12.4. The molecule has 182 valence electrons. The lowest BCUT2D eigenvalue weighted by molar-refractivity contribution is -0.114. The molecule has 2 aliphatic rings. The van der Waals surface area contributed by atoms with Gasteiger partial charge in [0.05, 0.1) is 17.2 Å². The molecule has 35 heavy (non-hydrogen) atoms. The van der Waals surface area contributed by atoms with E-state index in [9.17, 15) is 4.79 Å². The zero-order chi connectivity index (χ0) is 24.9. The minimum atomic E-state index is -0.496. The number of hydrazone groups is 1. The Kier molecular flexibility index (Phi) is 7.77. The lowest BCUT2D eigenvalue weighted by Crippen LogP contribution is -2.35. The third kappa shape index (κ3) is 5.68. The van der Waals surface area contributed by atoms with Crippen molar-refractivity contribution in [3.8, 4) is 17.2 Å². The number of halogens is 1. The molecule has 1 N–H and O–H groups in total. The molecule has 0 atom stereocenters. The maximum absolute atomic E-state index is 12.6. The molecule has 8 nitrogen and oxygen atoms in total. The summed E-state index contributed by atoms with van der Waals surface area (Å²) in [7, 11) is 0. The molecule has 0 spiro atoms. The van der Waals surface area contributed by atoms with Crippen LogP contribution >= 0.6 is 23.4 Å². The highest BCUT2D eigenvalue weighted by Crippen LogP contribution is 2.38. The lowest BCUT2D eigenvalue weighted by atomic mass is 10.1. The van der Waals surface area contributed by atoms with E-state index in [4.69, 9.17) is 31.2 Å². The summed E-state index contributed by atoms with van der Waals surface area (Å²) < 4.78 is 17.3. The van der Waals surface area contributed by atoms with Crippen LogP contribution < -0.4 is 14.2 Å². The summed E-state index contributed by atoms with van der Waals surface area (Å²) >= 11 is 7.83. The Labute approximate surface area is 213 Å². The summed E-state index contributed by atoms with van der Waals surface area (Å²) in [5.41, 5.74) is 1.86. The average molecular weight is 513 g/mol. The van der Waals surface area contributed by atoms with Gasteiger partial charge in [0.15, 0.2) is 17.3 Å². The largest absolute Gasteiger partial charge is 0.490 e. The predicted molar refractivity (Wildman–Crippen MR) is 140 cm³/mol. The van der Waals surface area contributed by atoms with Crippen molar-refractivity contribution in [2.75, 3.05) is 19.8 Å². The number of thioether (sulfide) groups is 1. The number of hydrogen-bond donors (Lipinski definition) is 1. The highest BCUT2D eigenvalue weighted by atomic mass is 35.5. The third-order valence-corrected chi connectivity index (χ3v) is 6.39. The van der Waals surface area contributed by atoms with Gasteiger partial charge in [-0.1, -0.05) is 36.2 Å². The van der Waals surface area contributed by atoms with Crippen molar-refractivity contribution in [3.05, 3.63) is 58.1 Å². The number of nitrogens with zero attached hydrogens (tertiary/aromatic N) is 3. The van der Waals surface area contributed by atoms with Gasteiger partial charge in [-0.05, 0) is 67.9 Å². The molecular weight excluding hydrogens is 488 g/mol. The molecule has 2 aromatic carbocycles. The van der Waals surface area contributed by atoms with Crippen LogP contribution in [0.3, 0.4) is 0 Å². The first-order valence-electron chi connectivity index (χ1n) is 11.2. The van der Waals surface area contributed by atoms with Gasteiger partial charge in [-0.25, -0.2) is 0 Å². The van der Waals surface area contributed by atoms with Crippen molar-refractivity contribution >= 4 is 51.4 Å². The number of aliphatic imine (C=N–C) groups is 1. The summed E-state index contributed by atoms with van der Waals surface area (Å²) in [5, 5.41) is 15.7. The summed E-state index contributed by atoms with van der Waals surface area (Å²) in [5.74, 6) is 1.06. The predicted octanol–water partition coefficient (Wildman–Crippen LogP) is 5.53. The van der Waals surface area contributed by atoms with Crippen LogP contribution in [0, 0.1) is 12.3 Å². The van der Waals surface area contributed by atoms with E-state index in [0.29, 0.717) is 46.9 Å². The van der Waals surface area contributed by atoms with E-state index in [1.54, 1.807) is 18.2 Å². The number of carbonyl (C=O) groups is 1. The van der Waals surface area contributed by atoms with Gasteiger partial charge in [-0.3, -0.25) is 10.2 Å². The number of aryl methyl sites for hydroxylation is 1. The van der Waals surface area contributed by atoms with Gasteiger partial charge in [0.2, 0.25) is 5.17 Å². The topological polar surface area (TPSA) is 96.6 Å². The van der Waals surface area contributed by atoms with Crippen molar-refractivity contribution in [2.45, 2.75) is 27.2 Å². The van der Waals surface area contributed by atoms with E-state index >= 15 is 0 Å². The Morgan fingerprint density at radius 2 is 1.86 bits per heavy atom. The molecular formula is C25H25ClN4O4S. The number of ether oxygens (including phenoxy) is 3. The van der Waals surface area contributed by atoms with Gasteiger partial charge in [-0.15, -0.1) is 0 Å². The van der Waals surface area contributed by atoms with Gasteiger partial charge in [0, 0.05) is 0 Å². The molecule has 0 saturated carbocycles. The van der Waals surface area contributed by atoms with Crippen LogP contribution in [0.25, 0.3) is 6.08 Å². The van der Waals surface area contributed by atoms with Crippen molar-refractivity contribution in [3.63, 3.8) is 0 Å². The third-order valence-electron chi connectivity index (χ3n) is 5.06. The second-order valence-electron chi connectivity index (χ2n) is 7.64. The first kappa shape index (κ1) is 24.8. The molecule has 4 rings (SSSR count). The summed E-state index contributed by atoms with van der Waals surface area (Å²) in [6.45, 7) is 6.82. The molecule has 2 aliphatic heterocycles. The summed E-state index contributed by atoms with van der Waals surface area (Å²) in [6.07, 6.45) is 2.26. The quantitative estimate of drug-likeness (QED) is 0.350. The van der Waals surface area contributed by atoms with Crippen LogP contribution in [0.1, 0.15) is 31.4 Å². The number of rotatable bonds is 9. The van der Waals surface area contributed by atoms with Gasteiger partial charge < -0.3 is 14.2 Å². The van der Waals surface area contributed by atoms with E-state index in [1.807, 2.05) is 45.0 Å². The molecule has 10 heteroatoms. The zero-order valence-corrected chi connectivity index (χ0v) is 21.2. The highest BCUT2D eigenvalue weighted by molar-refractivity contribution is 8.26. The number of benzene rings is 2. The Bertz CT molecular complexity index is 1240. The minimum absolute atomic E-state index is 0.0291. The standard InChI is InChI=1S/C25H25ClN4O4S/c1-4-21-29-30-23(27)18(24(31)28-25(30)35-21)12-16-13-19(26)22(20(14-16)32-5-2)34-11-10-33-17-8-6-15(3)7-9-17/h6-9,12-14,27H,4-5,10-11H2,1-3H3/b18-12-,27-23?. The van der Waals surface area contributed by atoms with Gasteiger partial charge in [0.25, 0.3) is 5.91 Å². The van der Waals surface area contributed by atoms with E-state index in [2.05, 4.69) is 10.1 Å². The molecule has 1 amide bonds. The van der Waals surface area contributed by atoms with E-state index in [0.717, 1.165) is 16.4 Å². The van der Waals surface area contributed by atoms with Gasteiger partial charge in [0.1, 0.15) is 24.0 Å². The maximum Gasteiger partial charge on any atom is 0.283 e. The SMILES string of the molecule is CCOc1cc(/C=C2/C(=N)N3N=C(CC)SC3=NC2=O)cc(Cl)c1OCCOc1ccc(C)cc1. The number of amidine groups is 2. The molecule has 0 saturated heterocycles. The molecule has 2 aromatic rings. The minimum Gasteiger partial charge on any atom is -0.490 e. The second-order valence-corrected chi connectivity index (χ2v) is 9.09. The normalized spacial score (nSPS) is 16.2. The number of carbonyl (C=O) groups excluding carboxylic acids is 1. The second kappa shape index (κ2) is 11.0. The Morgan fingerprint density at radius 3 is 2.57 bits per heavy atom. The van der Waals surface area contributed by atoms with Crippen molar-refractivity contribution in [1.82, 2.24) is 5.01 Å². The number of hydrogen-bond acceptors (Lipinski definition) is 7. The van der Waals surface area contributed by atoms with Crippen LogP contribution in [0.5, 0.6) is 17.2 Å². The monoisotopic (exact) mass is 512 g/mol. The van der Waals surface area contributed by atoms with Crippen molar-refractivity contribution in [2.24, 2.45) is 10.1 Å². The fourth-order valence-corrected chi connectivity index (χ4v) is 4.45. The molecule has 0 fully saturated rings. The molecule has 0 aromatic heterocycles. The molecule has 0 unspecified atom stereocenters. The molecule has 0 aliphatic carbocycles. The average Bonchev–Trinajstić information content (AvgIpc) is 3.25. The number of fused-ring (bicyclic) bond motifs is 1. The van der Waals surface area contributed by atoms with Crippen LogP contribution in [-0.2, 0) is 4.79 Å². The summed E-state index contributed by atoms with van der Waals surface area (Å²) in [4.78, 5) is 16.7. The summed E-state index contributed by atoms with van der Waals surface area (Å²) in [6, 6.07) is 11.2. The number of amides is 1. The lowest BCUT2D eigenvalue weighted by Gasteiger charge is -2.20. The number of nitrogens with one attached hydrogen (secondary N) is 1. The Morgan fingerprint density at radius 1 is 1.11 bits per heavy atom. The van der Waals surface area contributed by atoms with E-state index in [-0.39, 0.29) is 18.0 Å². The molecule has 0 bridgehead atoms. The Balaban J connectivity index is 1.51. The molecule has 2 heterocycles. The van der Waals surface area contributed by atoms with Crippen LogP contribution in [-0.4, -0.2) is 46.8 Å². The fraction of sp³-hybridized carbons (Fsp3) is 0.280. The fourth-order valence-electron chi connectivity index (χ4n) is 3.35. The molecule has 0 radical (unpaired) electrons. The van der Waals surface area contributed by atoms with Crippen molar-refractivity contribution < 1.29 is 19.0 Å². The maximum atomic E-state index is 12.6. The van der Waals surface area contributed by atoms with Gasteiger partial charge >= 0.3 is 0 Å². The Hall–Kier alpha value is -3.30. The first-order chi connectivity index (χ1) is 16.9. The van der Waals surface area contributed by atoms with Gasteiger partial charge in [-0.2, -0.15) is 15.1 Å². The van der Waals surface area contributed by atoms with E-state index in [1.165, 1.54) is 16.8 Å². The van der Waals surface area contributed by atoms with Crippen LogP contribution in [0.2, 0.25) is 5.02 Å². The highest BCUT2D eigenvalue weighted by Gasteiger charge is 2.35. The van der Waals surface area contributed by atoms with Crippen molar-refractivity contribution in [1.29, 1.82) is 5.41 Å². The van der Waals surface area contributed by atoms with E-state index < -0.39 is 5.91 Å². The smallest absolute Gasteiger partial charge is 0.283 e. The zero-order valence-electron chi connectivity index (χ0n) is 19.6. The van der Waals surface area contributed by atoms with Crippen LogP contribution in [0.15, 0.2) is 52.1 Å². The van der Waals surface area contributed by atoms with Crippen LogP contribution in [0.4, 0.5) is 0 Å².